The highest BCUT2D eigenvalue weighted by atomic mass is 16.5. The maximum atomic E-state index is 9.35. The van der Waals surface area contributed by atoms with Gasteiger partial charge in [0.05, 0.1) is 19.3 Å². The molecule has 0 amide bonds. The Balaban J connectivity index is 3.09. The first-order valence-electron chi connectivity index (χ1n) is 4.88. The van der Waals surface area contributed by atoms with Gasteiger partial charge in [0.25, 0.3) is 0 Å². The van der Waals surface area contributed by atoms with Gasteiger partial charge in [0.2, 0.25) is 0 Å². The van der Waals surface area contributed by atoms with Crippen molar-refractivity contribution >= 4 is 0 Å². The summed E-state index contributed by atoms with van der Waals surface area (Å²) in [6.07, 6.45) is 3.60. The SMILES string of the molecule is C=CCOCC(O)CNCCCC. The summed E-state index contributed by atoms with van der Waals surface area (Å²) in [6, 6.07) is 0. The molecule has 0 aliphatic heterocycles. The molecule has 3 nitrogen and oxygen atoms in total. The summed E-state index contributed by atoms with van der Waals surface area (Å²) in [5, 5.41) is 12.5. The predicted molar refractivity (Wildman–Crippen MR) is 54.8 cm³/mol. The van der Waals surface area contributed by atoms with Crippen molar-refractivity contribution in [2.45, 2.75) is 25.9 Å². The van der Waals surface area contributed by atoms with Gasteiger partial charge in [0, 0.05) is 6.54 Å². The summed E-state index contributed by atoms with van der Waals surface area (Å²) in [4.78, 5) is 0. The molecule has 0 bridgehead atoms. The molecule has 78 valence electrons. The molecule has 3 heteroatoms. The number of aliphatic hydroxyl groups is 1. The lowest BCUT2D eigenvalue weighted by Gasteiger charge is -2.11. The highest BCUT2D eigenvalue weighted by Crippen LogP contribution is 1.86. The van der Waals surface area contributed by atoms with Crippen molar-refractivity contribution in [1.82, 2.24) is 5.32 Å². The second kappa shape index (κ2) is 9.71. The lowest BCUT2D eigenvalue weighted by atomic mass is 10.3. The van der Waals surface area contributed by atoms with E-state index in [2.05, 4.69) is 18.8 Å². The number of rotatable bonds is 9. The minimum Gasteiger partial charge on any atom is -0.389 e. The molecular formula is C10H21NO2. The van der Waals surface area contributed by atoms with Gasteiger partial charge in [0.1, 0.15) is 0 Å². The van der Waals surface area contributed by atoms with E-state index >= 15 is 0 Å². The molecule has 0 aromatic rings. The third-order valence-electron chi connectivity index (χ3n) is 1.63. The van der Waals surface area contributed by atoms with Crippen LogP contribution in [0, 0.1) is 0 Å². The largest absolute Gasteiger partial charge is 0.389 e. The van der Waals surface area contributed by atoms with Crippen molar-refractivity contribution in [3.8, 4) is 0 Å². The van der Waals surface area contributed by atoms with Crippen LogP contribution in [-0.2, 0) is 4.74 Å². The zero-order valence-corrected chi connectivity index (χ0v) is 8.46. The van der Waals surface area contributed by atoms with Crippen LogP contribution in [0.1, 0.15) is 19.8 Å². The number of hydrogen-bond acceptors (Lipinski definition) is 3. The standard InChI is InChI=1S/C10H21NO2/c1-3-5-6-11-8-10(12)9-13-7-4-2/h4,10-12H,2-3,5-9H2,1H3. The van der Waals surface area contributed by atoms with E-state index in [0.29, 0.717) is 19.8 Å². The molecule has 0 aromatic heterocycles. The molecule has 1 atom stereocenters. The maximum Gasteiger partial charge on any atom is 0.0897 e. The van der Waals surface area contributed by atoms with Crippen LogP contribution < -0.4 is 5.32 Å². The first-order valence-corrected chi connectivity index (χ1v) is 4.88. The van der Waals surface area contributed by atoms with E-state index in [1.54, 1.807) is 6.08 Å². The van der Waals surface area contributed by atoms with Crippen molar-refractivity contribution < 1.29 is 9.84 Å². The second-order valence-corrected chi connectivity index (χ2v) is 3.04. The Bertz CT molecular complexity index is 117. The lowest BCUT2D eigenvalue weighted by molar-refractivity contribution is 0.0496. The van der Waals surface area contributed by atoms with Gasteiger partial charge in [0.15, 0.2) is 0 Å². The Morgan fingerprint density at radius 1 is 1.62 bits per heavy atom. The van der Waals surface area contributed by atoms with Gasteiger partial charge in [-0.2, -0.15) is 0 Å². The van der Waals surface area contributed by atoms with Gasteiger partial charge in [-0.3, -0.25) is 0 Å². The highest BCUT2D eigenvalue weighted by molar-refractivity contribution is 4.65. The van der Waals surface area contributed by atoms with Crippen molar-refractivity contribution in [1.29, 1.82) is 0 Å². The number of nitrogens with one attached hydrogen (secondary N) is 1. The number of hydrogen-bond donors (Lipinski definition) is 2. The molecule has 1 unspecified atom stereocenters. The van der Waals surface area contributed by atoms with Crippen LogP contribution in [0.25, 0.3) is 0 Å². The summed E-state index contributed by atoms with van der Waals surface area (Å²) >= 11 is 0. The fraction of sp³-hybridized carbons (Fsp3) is 0.800. The Labute approximate surface area is 80.8 Å². The highest BCUT2D eigenvalue weighted by Gasteiger charge is 2.01. The molecule has 0 rings (SSSR count). The fourth-order valence-electron chi connectivity index (χ4n) is 0.917. The molecule has 0 fully saturated rings. The predicted octanol–water partition coefficient (Wildman–Crippen LogP) is 0.940. The zero-order valence-electron chi connectivity index (χ0n) is 8.46. The Morgan fingerprint density at radius 3 is 3.00 bits per heavy atom. The van der Waals surface area contributed by atoms with Gasteiger partial charge in [-0.1, -0.05) is 19.4 Å². The van der Waals surface area contributed by atoms with Gasteiger partial charge >= 0.3 is 0 Å². The van der Waals surface area contributed by atoms with Crippen LogP contribution in [0.2, 0.25) is 0 Å². The normalized spacial score (nSPS) is 12.8. The minimum atomic E-state index is -0.406. The van der Waals surface area contributed by atoms with Gasteiger partial charge in [-0.05, 0) is 13.0 Å². The number of aliphatic hydroxyl groups excluding tert-OH is 1. The van der Waals surface area contributed by atoms with Crippen molar-refractivity contribution in [3.05, 3.63) is 12.7 Å². The van der Waals surface area contributed by atoms with Crippen LogP contribution >= 0.6 is 0 Å². The van der Waals surface area contributed by atoms with Gasteiger partial charge in [-0.15, -0.1) is 6.58 Å². The summed E-state index contributed by atoms with van der Waals surface area (Å²) in [5.74, 6) is 0. The van der Waals surface area contributed by atoms with E-state index < -0.39 is 6.10 Å². The Hall–Kier alpha value is -0.380. The first-order chi connectivity index (χ1) is 6.31. The van der Waals surface area contributed by atoms with Crippen molar-refractivity contribution in [2.75, 3.05) is 26.3 Å². The van der Waals surface area contributed by atoms with Crippen LogP contribution in [0.5, 0.6) is 0 Å². The summed E-state index contributed by atoms with van der Waals surface area (Å²) in [6.45, 7) is 8.13. The lowest BCUT2D eigenvalue weighted by Crippen LogP contribution is -2.31. The van der Waals surface area contributed by atoms with E-state index in [4.69, 9.17) is 4.74 Å². The average Bonchev–Trinajstić information content (AvgIpc) is 2.13. The number of unbranched alkanes of at least 4 members (excludes halogenated alkanes) is 1. The smallest absolute Gasteiger partial charge is 0.0897 e. The first kappa shape index (κ1) is 12.6. The van der Waals surface area contributed by atoms with Crippen LogP contribution in [0.15, 0.2) is 12.7 Å². The minimum absolute atomic E-state index is 0.380. The monoisotopic (exact) mass is 187 g/mol. The van der Waals surface area contributed by atoms with E-state index in [1.165, 1.54) is 6.42 Å². The molecule has 0 aliphatic rings. The molecule has 0 radical (unpaired) electrons. The molecule has 0 aliphatic carbocycles. The van der Waals surface area contributed by atoms with Crippen LogP contribution in [-0.4, -0.2) is 37.5 Å². The van der Waals surface area contributed by atoms with Gasteiger partial charge in [-0.25, -0.2) is 0 Å². The molecule has 0 saturated heterocycles. The fourth-order valence-corrected chi connectivity index (χ4v) is 0.917. The molecule has 13 heavy (non-hydrogen) atoms. The summed E-state index contributed by atoms with van der Waals surface area (Å²) in [7, 11) is 0. The van der Waals surface area contributed by atoms with E-state index in [1.807, 2.05) is 0 Å². The maximum absolute atomic E-state index is 9.35. The Kier molecular flexibility index (Phi) is 9.42. The van der Waals surface area contributed by atoms with E-state index in [0.717, 1.165) is 13.0 Å². The Morgan fingerprint density at radius 2 is 2.38 bits per heavy atom. The zero-order chi connectivity index (χ0) is 9.94. The molecular weight excluding hydrogens is 166 g/mol. The van der Waals surface area contributed by atoms with Crippen molar-refractivity contribution in [2.24, 2.45) is 0 Å². The summed E-state index contributed by atoms with van der Waals surface area (Å²) in [5.41, 5.74) is 0. The quantitative estimate of drug-likeness (QED) is 0.417. The van der Waals surface area contributed by atoms with Crippen molar-refractivity contribution in [3.63, 3.8) is 0 Å². The molecule has 0 saturated carbocycles. The van der Waals surface area contributed by atoms with E-state index in [-0.39, 0.29) is 0 Å². The van der Waals surface area contributed by atoms with Crippen LogP contribution in [0.3, 0.4) is 0 Å². The summed E-state index contributed by atoms with van der Waals surface area (Å²) < 4.78 is 5.09. The molecule has 2 N–H and O–H groups in total. The van der Waals surface area contributed by atoms with Crippen LogP contribution in [0.4, 0.5) is 0 Å². The van der Waals surface area contributed by atoms with Gasteiger partial charge < -0.3 is 15.2 Å². The third-order valence-corrected chi connectivity index (χ3v) is 1.63. The topological polar surface area (TPSA) is 41.5 Å². The second-order valence-electron chi connectivity index (χ2n) is 3.04. The molecule has 0 aromatic carbocycles. The molecule has 0 spiro atoms. The average molecular weight is 187 g/mol. The van der Waals surface area contributed by atoms with E-state index in [9.17, 15) is 5.11 Å². The third kappa shape index (κ3) is 9.53. The molecule has 0 heterocycles. The number of ether oxygens (including phenoxy) is 1.